The number of hydrogen-bond donors (Lipinski definition) is 4. The van der Waals surface area contributed by atoms with Gasteiger partial charge in [-0.15, -0.1) is 0 Å². The Morgan fingerprint density at radius 2 is 1.63 bits per heavy atom. The molecule has 1 aliphatic rings. The van der Waals surface area contributed by atoms with Crippen molar-refractivity contribution >= 4 is 27.7 Å². The molecule has 0 aromatic heterocycles. The summed E-state index contributed by atoms with van der Waals surface area (Å²) in [6.45, 7) is 10.3. The van der Waals surface area contributed by atoms with Crippen LogP contribution in [-0.2, 0) is 14.8 Å². The second-order valence-electron chi connectivity index (χ2n) is 8.92. The van der Waals surface area contributed by atoms with Crippen LogP contribution in [0.1, 0.15) is 70.4 Å². The molecule has 4 N–H and O–H groups in total. The Kier molecular flexibility index (Phi) is 10.3. The Morgan fingerprint density at radius 1 is 1.14 bits per heavy atom. The number of sulfonamides is 1. The molecular weight excluding hydrogens is 494 g/mol. The van der Waals surface area contributed by atoms with E-state index in [4.69, 9.17) is 9.90 Å². The summed E-state index contributed by atoms with van der Waals surface area (Å²) in [4.78, 5) is 21.3. The number of carbonyl (C=O) groups is 2. The molecule has 0 bridgehead atoms. The zero-order valence-corrected chi connectivity index (χ0v) is 20.9. The summed E-state index contributed by atoms with van der Waals surface area (Å²) < 4.78 is 72.3. The Labute approximate surface area is 202 Å². The minimum Gasteiger partial charge on any atom is -0.475 e. The van der Waals surface area contributed by atoms with E-state index >= 15 is 0 Å². The quantitative estimate of drug-likeness (QED) is 0.395. The molecule has 2 amide bonds. The van der Waals surface area contributed by atoms with Crippen LogP contribution < -0.4 is 15.4 Å². The van der Waals surface area contributed by atoms with Gasteiger partial charge in [-0.05, 0) is 61.4 Å². The first kappa shape index (κ1) is 30.4. The molecule has 198 valence electrons. The molecule has 0 aliphatic carbocycles. The highest BCUT2D eigenvalue weighted by atomic mass is 32.2. The molecule has 1 heterocycles. The van der Waals surface area contributed by atoms with E-state index in [0.29, 0.717) is 16.8 Å². The fourth-order valence-electron chi connectivity index (χ4n) is 3.31. The lowest BCUT2D eigenvalue weighted by Crippen LogP contribution is -2.36. The third-order valence-electron chi connectivity index (χ3n) is 5.14. The molecule has 0 saturated carbocycles. The summed E-state index contributed by atoms with van der Waals surface area (Å²) in [7, 11) is -3.96. The molecule has 35 heavy (non-hydrogen) atoms. The maximum Gasteiger partial charge on any atom is 0.490 e. The van der Waals surface area contributed by atoms with Gasteiger partial charge < -0.3 is 15.7 Å². The highest BCUT2D eigenvalue weighted by Gasteiger charge is 2.38. The highest BCUT2D eigenvalue weighted by molar-refractivity contribution is 7.92. The molecule has 13 heteroatoms. The van der Waals surface area contributed by atoms with Crippen molar-refractivity contribution in [3.8, 4) is 0 Å². The molecular formula is C22H31F4N3O5S. The Morgan fingerprint density at radius 3 is 2.00 bits per heavy atom. The van der Waals surface area contributed by atoms with Crippen molar-refractivity contribution in [2.75, 3.05) is 11.9 Å². The van der Waals surface area contributed by atoms with Crippen LogP contribution in [0.25, 0.3) is 0 Å². The van der Waals surface area contributed by atoms with Crippen molar-refractivity contribution in [3.05, 3.63) is 40.6 Å². The first-order chi connectivity index (χ1) is 15.9. The van der Waals surface area contributed by atoms with Crippen LogP contribution in [0, 0.1) is 5.82 Å². The van der Waals surface area contributed by atoms with E-state index in [0.717, 1.165) is 24.8 Å². The van der Waals surface area contributed by atoms with E-state index in [1.54, 1.807) is 6.08 Å². The number of aliphatic carboxylic acids is 1. The van der Waals surface area contributed by atoms with Gasteiger partial charge in [-0.3, -0.25) is 0 Å². The Balaban J connectivity index is 0.000000762. The molecule has 2 rings (SSSR count). The maximum absolute atomic E-state index is 14.0. The molecule has 1 aromatic carbocycles. The van der Waals surface area contributed by atoms with Crippen molar-refractivity contribution in [1.82, 2.24) is 10.0 Å². The summed E-state index contributed by atoms with van der Waals surface area (Å²) in [5, 5.41) is 14.0. The third kappa shape index (κ3) is 9.84. The number of hydrogen-bond acceptors (Lipinski definition) is 5. The third-order valence-corrected chi connectivity index (χ3v) is 6.11. The predicted molar refractivity (Wildman–Crippen MR) is 124 cm³/mol. The normalized spacial score (nSPS) is 18.5. The van der Waals surface area contributed by atoms with Crippen molar-refractivity contribution in [1.29, 1.82) is 0 Å². The molecule has 0 radical (unpaired) electrons. The number of carboxylic acid groups (broad SMARTS) is 1. The van der Waals surface area contributed by atoms with Crippen LogP contribution in [0.15, 0.2) is 23.6 Å². The summed E-state index contributed by atoms with van der Waals surface area (Å²) in [6, 6.07) is 1.87. The van der Waals surface area contributed by atoms with Gasteiger partial charge in [0, 0.05) is 16.6 Å². The molecule has 8 nitrogen and oxygen atoms in total. The lowest BCUT2D eigenvalue weighted by molar-refractivity contribution is -0.192. The van der Waals surface area contributed by atoms with Crippen molar-refractivity contribution < 1.29 is 40.7 Å². The number of carbonyl (C=O) groups excluding carboxylic acids is 1. The fraction of sp³-hybridized carbons (Fsp3) is 0.545. The summed E-state index contributed by atoms with van der Waals surface area (Å²) in [5.74, 6) is -3.24. The van der Waals surface area contributed by atoms with Crippen molar-refractivity contribution in [2.24, 2.45) is 0 Å². The predicted octanol–water partition coefficient (Wildman–Crippen LogP) is 4.81. The first-order valence-corrected chi connectivity index (χ1v) is 12.3. The van der Waals surface area contributed by atoms with E-state index in [1.807, 2.05) is 39.3 Å². The fourth-order valence-corrected chi connectivity index (χ4v) is 4.16. The zero-order valence-electron chi connectivity index (χ0n) is 20.1. The van der Waals surface area contributed by atoms with E-state index in [1.165, 1.54) is 12.1 Å². The summed E-state index contributed by atoms with van der Waals surface area (Å²) >= 11 is 0. The second kappa shape index (κ2) is 11.8. The number of rotatable bonds is 6. The molecule has 1 unspecified atom stereocenters. The van der Waals surface area contributed by atoms with E-state index < -0.39 is 33.7 Å². The van der Waals surface area contributed by atoms with Crippen LogP contribution in [0.3, 0.4) is 0 Å². The van der Waals surface area contributed by atoms with E-state index in [-0.39, 0.29) is 17.7 Å². The van der Waals surface area contributed by atoms with Gasteiger partial charge in [-0.2, -0.15) is 13.2 Å². The van der Waals surface area contributed by atoms with Gasteiger partial charge in [-0.1, -0.05) is 33.8 Å². The number of amides is 2. The standard InChI is InChI=1S/C20H30FN3O3S.C2HF3O2/c1-13(2)16-11-15(21)12-17(14(3)4)18(16)23-19(25)24-28(26,27)10-8-20(5)7-6-9-22-20;3-2(4,5)1(6)7/h8,10-14,22H,6-7,9H2,1-5H3,(H2,23,24,25);(H,6,7)/b10-8+;. The lowest BCUT2D eigenvalue weighted by Gasteiger charge is -2.21. The monoisotopic (exact) mass is 525 g/mol. The Hall–Kier alpha value is -2.67. The number of nitrogens with one attached hydrogen (secondary N) is 3. The largest absolute Gasteiger partial charge is 0.490 e. The van der Waals surface area contributed by atoms with E-state index in [2.05, 4.69) is 10.6 Å². The molecule has 1 aromatic rings. The van der Waals surface area contributed by atoms with Gasteiger partial charge in [0.1, 0.15) is 5.82 Å². The average Bonchev–Trinajstić information content (AvgIpc) is 3.13. The van der Waals surface area contributed by atoms with Crippen LogP contribution in [-0.4, -0.2) is 43.8 Å². The van der Waals surface area contributed by atoms with Crippen LogP contribution in [0.5, 0.6) is 0 Å². The molecule has 1 atom stereocenters. The summed E-state index contributed by atoms with van der Waals surface area (Å²) in [5.41, 5.74) is 1.30. The first-order valence-electron chi connectivity index (χ1n) is 10.8. The molecule has 1 saturated heterocycles. The summed E-state index contributed by atoms with van der Waals surface area (Å²) in [6.07, 6.45) is -1.72. The number of urea groups is 1. The van der Waals surface area contributed by atoms with Gasteiger partial charge >= 0.3 is 18.2 Å². The van der Waals surface area contributed by atoms with Crippen molar-refractivity contribution in [2.45, 2.75) is 71.0 Å². The van der Waals surface area contributed by atoms with E-state index in [9.17, 15) is 30.8 Å². The number of alkyl halides is 3. The number of carboxylic acids is 1. The number of anilines is 1. The van der Waals surface area contributed by atoms with Crippen molar-refractivity contribution in [3.63, 3.8) is 0 Å². The van der Waals surface area contributed by atoms with Crippen LogP contribution in [0.2, 0.25) is 0 Å². The average molecular weight is 526 g/mol. The topological polar surface area (TPSA) is 125 Å². The maximum atomic E-state index is 14.0. The zero-order chi connectivity index (χ0) is 27.2. The molecule has 0 spiro atoms. The lowest BCUT2D eigenvalue weighted by atomic mass is 9.92. The van der Waals surface area contributed by atoms with Gasteiger partial charge in [-0.25, -0.2) is 27.1 Å². The van der Waals surface area contributed by atoms with Gasteiger partial charge in [0.05, 0.1) is 0 Å². The van der Waals surface area contributed by atoms with Gasteiger partial charge in [0.25, 0.3) is 10.0 Å². The highest BCUT2D eigenvalue weighted by Crippen LogP contribution is 2.33. The van der Waals surface area contributed by atoms with Gasteiger partial charge in [0.15, 0.2) is 0 Å². The smallest absolute Gasteiger partial charge is 0.475 e. The molecule has 1 aliphatic heterocycles. The van der Waals surface area contributed by atoms with Crippen LogP contribution in [0.4, 0.5) is 28.0 Å². The van der Waals surface area contributed by atoms with Gasteiger partial charge in [0.2, 0.25) is 0 Å². The second-order valence-corrected chi connectivity index (χ2v) is 10.5. The minimum atomic E-state index is -5.08. The molecule has 1 fully saturated rings. The van der Waals surface area contributed by atoms with Crippen LogP contribution >= 0.6 is 0 Å². The SMILES string of the molecule is CC(C)c1cc(F)cc(C(C)C)c1NC(=O)NS(=O)(=O)/C=C/C1(C)CCCN1.O=C(O)C(F)(F)F. The number of halogens is 4. The minimum absolute atomic E-state index is 0.0478. The number of benzene rings is 1. The Bertz CT molecular complexity index is 1020.